The second kappa shape index (κ2) is 11.3. The largest absolute Gasteiger partial charge is 0.378 e. The zero-order valence-electron chi connectivity index (χ0n) is 18.2. The Morgan fingerprint density at radius 1 is 0.968 bits per heavy atom. The molecule has 1 amide bonds. The van der Waals surface area contributed by atoms with Crippen LogP contribution in [0, 0.1) is 0 Å². The normalized spacial score (nSPS) is 18.1. The highest BCUT2D eigenvalue weighted by Gasteiger charge is 2.20. The monoisotopic (exact) mass is 423 g/mol. The number of anilines is 2. The average Bonchev–Trinajstić information content (AvgIpc) is 2.84. The van der Waals surface area contributed by atoms with Gasteiger partial charge in [-0.05, 0) is 42.7 Å². The molecule has 166 valence electrons. The maximum atomic E-state index is 12.4. The summed E-state index contributed by atoms with van der Waals surface area (Å²) in [5.41, 5.74) is 3.26. The van der Waals surface area contributed by atoms with Gasteiger partial charge in [0, 0.05) is 50.5 Å². The molecule has 6 heteroatoms. The molecule has 2 aliphatic rings. The first-order chi connectivity index (χ1) is 15.3. The van der Waals surface area contributed by atoms with E-state index in [9.17, 15) is 4.79 Å². The summed E-state index contributed by atoms with van der Waals surface area (Å²) in [6, 6.07) is 18.4. The summed E-state index contributed by atoms with van der Waals surface area (Å²) in [7, 11) is 0. The number of nitrogens with one attached hydrogen (secondary N) is 1. The van der Waals surface area contributed by atoms with Crippen LogP contribution in [0.1, 0.15) is 24.8 Å². The van der Waals surface area contributed by atoms with Gasteiger partial charge in [-0.3, -0.25) is 4.79 Å². The molecule has 4 rings (SSSR count). The Kier molecular flexibility index (Phi) is 7.93. The van der Waals surface area contributed by atoms with Crippen LogP contribution in [0.15, 0.2) is 54.6 Å². The van der Waals surface area contributed by atoms with Gasteiger partial charge in [0.15, 0.2) is 0 Å². The van der Waals surface area contributed by atoms with E-state index in [1.54, 1.807) is 0 Å². The molecule has 0 aromatic heterocycles. The highest BCUT2D eigenvalue weighted by molar-refractivity contribution is 5.91. The van der Waals surface area contributed by atoms with Crippen molar-refractivity contribution in [2.75, 3.05) is 56.2 Å². The van der Waals surface area contributed by atoms with E-state index >= 15 is 0 Å². The molecule has 31 heavy (non-hydrogen) atoms. The molecule has 2 aliphatic heterocycles. The van der Waals surface area contributed by atoms with Crippen molar-refractivity contribution in [3.63, 3.8) is 0 Å². The van der Waals surface area contributed by atoms with Crippen molar-refractivity contribution in [2.24, 2.45) is 0 Å². The van der Waals surface area contributed by atoms with E-state index < -0.39 is 0 Å². The van der Waals surface area contributed by atoms with Gasteiger partial charge in [0.2, 0.25) is 5.91 Å². The molecule has 0 atom stereocenters. The fraction of sp³-hybridized carbons (Fsp3) is 0.480. The van der Waals surface area contributed by atoms with E-state index in [1.165, 1.54) is 11.3 Å². The second-order valence-corrected chi connectivity index (χ2v) is 8.28. The maximum Gasteiger partial charge on any atom is 0.225 e. The van der Waals surface area contributed by atoms with Gasteiger partial charge in [-0.25, -0.2) is 0 Å². The molecule has 0 aliphatic carbocycles. The standard InChI is InChI=1S/C25H33N3O3/c29-25(26-22-6-8-23(9-7-22)28-16-18-30-19-17-28)12-15-27-13-10-24(11-14-27)31-20-21-4-2-1-3-5-21/h1-9,24H,10-20H2,(H,26,29). The van der Waals surface area contributed by atoms with Crippen molar-refractivity contribution >= 4 is 17.3 Å². The summed E-state index contributed by atoms with van der Waals surface area (Å²) < 4.78 is 11.5. The van der Waals surface area contributed by atoms with Gasteiger partial charge in [0.1, 0.15) is 0 Å². The lowest BCUT2D eigenvalue weighted by molar-refractivity contribution is -0.116. The van der Waals surface area contributed by atoms with E-state index in [4.69, 9.17) is 9.47 Å². The summed E-state index contributed by atoms with van der Waals surface area (Å²) in [4.78, 5) is 17.0. The van der Waals surface area contributed by atoms with Gasteiger partial charge in [0.25, 0.3) is 0 Å². The fourth-order valence-electron chi connectivity index (χ4n) is 4.15. The summed E-state index contributed by atoms with van der Waals surface area (Å²) in [6.45, 7) is 6.83. The van der Waals surface area contributed by atoms with Crippen LogP contribution in [-0.2, 0) is 20.9 Å². The maximum absolute atomic E-state index is 12.4. The molecule has 2 saturated heterocycles. The van der Waals surface area contributed by atoms with Crippen LogP contribution < -0.4 is 10.2 Å². The van der Waals surface area contributed by atoms with Crippen LogP contribution in [0.3, 0.4) is 0 Å². The lowest BCUT2D eigenvalue weighted by atomic mass is 10.1. The first-order valence-corrected chi connectivity index (χ1v) is 11.4. The van der Waals surface area contributed by atoms with Gasteiger partial charge in [0.05, 0.1) is 25.9 Å². The molecule has 0 spiro atoms. The first-order valence-electron chi connectivity index (χ1n) is 11.4. The molecule has 6 nitrogen and oxygen atoms in total. The Bertz CT molecular complexity index is 799. The van der Waals surface area contributed by atoms with E-state index in [0.717, 1.165) is 64.5 Å². The van der Waals surface area contributed by atoms with Crippen LogP contribution in [0.4, 0.5) is 11.4 Å². The lowest BCUT2D eigenvalue weighted by Gasteiger charge is -2.31. The Balaban J connectivity index is 1.13. The van der Waals surface area contributed by atoms with Gasteiger partial charge in [-0.2, -0.15) is 0 Å². The number of benzene rings is 2. The van der Waals surface area contributed by atoms with Crippen molar-refractivity contribution in [1.29, 1.82) is 0 Å². The van der Waals surface area contributed by atoms with Gasteiger partial charge < -0.3 is 24.6 Å². The number of morpholine rings is 1. The topological polar surface area (TPSA) is 54.0 Å². The number of ether oxygens (including phenoxy) is 2. The van der Waals surface area contributed by atoms with Crippen LogP contribution in [0.25, 0.3) is 0 Å². The highest BCUT2D eigenvalue weighted by atomic mass is 16.5. The summed E-state index contributed by atoms with van der Waals surface area (Å²) >= 11 is 0. The molecular formula is C25H33N3O3. The average molecular weight is 424 g/mol. The number of piperidine rings is 1. The predicted octanol–water partition coefficient (Wildman–Crippen LogP) is 3.53. The third kappa shape index (κ3) is 6.79. The van der Waals surface area contributed by atoms with Crippen LogP contribution >= 0.6 is 0 Å². The van der Waals surface area contributed by atoms with Gasteiger partial charge in [-0.1, -0.05) is 30.3 Å². The van der Waals surface area contributed by atoms with E-state index in [-0.39, 0.29) is 5.91 Å². The third-order valence-corrected chi connectivity index (χ3v) is 6.05. The predicted molar refractivity (Wildman–Crippen MR) is 123 cm³/mol. The van der Waals surface area contributed by atoms with Crippen molar-refractivity contribution in [3.8, 4) is 0 Å². The molecular weight excluding hydrogens is 390 g/mol. The Morgan fingerprint density at radius 3 is 2.39 bits per heavy atom. The first kappa shape index (κ1) is 21.8. The number of likely N-dealkylation sites (tertiary alicyclic amines) is 1. The molecule has 0 radical (unpaired) electrons. The minimum atomic E-state index is 0.0709. The molecule has 2 aromatic rings. The SMILES string of the molecule is O=C(CCN1CCC(OCc2ccccc2)CC1)Nc1ccc(N2CCOCC2)cc1. The minimum Gasteiger partial charge on any atom is -0.378 e. The van der Waals surface area contributed by atoms with Gasteiger partial charge >= 0.3 is 0 Å². The molecule has 0 bridgehead atoms. The summed E-state index contributed by atoms with van der Waals surface area (Å²) in [5, 5.41) is 3.03. The van der Waals surface area contributed by atoms with Crippen LogP contribution in [0.2, 0.25) is 0 Å². The number of rotatable bonds is 8. The summed E-state index contributed by atoms with van der Waals surface area (Å²) in [5.74, 6) is 0.0709. The number of carbonyl (C=O) groups is 1. The minimum absolute atomic E-state index is 0.0709. The van der Waals surface area contributed by atoms with Crippen LogP contribution in [0.5, 0.6) is 0 Å². The van der Waals surface area contributed by atoms with Gasteiger partial charge in [-0.15, -0.1) is 0 Å². The Labute approximate surface area is 185 Å². The zero-order valence-corrected chi connectivity index (χ0v) is 18.2. The van der Waals surface area contributed by atoms with E-state index in [2.05, 4.69) is 39.4 Å². The van der Waals surface area contributed by atoms with Crippen molar-refractivity contribution in [2.45, 2.75) is 32.0 Å². The van der Waals surface area contributed by atoms with E-state index in [1.807, 2.05) is 30.3 Å². The zero-order chi connectivity index (χ0) is 21.3. The Morgan fingerprint density at radius 2 is 1.68 bits per heavy atom. The number of amides is 1. The number of nitrogens with zero attached hydrogens (tertiary/aromatic N) is 2. The smallest absolute Gasteiger partial charge is 0.225 e. The van der Waals surface area contributed by atoms with Crippen molar-refractivity contribution in [3.05, 3.63) is 60.2 Å². The molecule has 0 unspecified atom stereocenters. The number of hydrogen-bond donors (Lipinski definition) is 1. The number of hydrogen-bond acceptors (Lipinski definition) is 5. The molecule has 2 heterocycles. The molecule has 0 saturated carbocycles. The second-order valence-electron chi connectivity index (χ2n) is 8.28. The number of carbonyl (C=O) groups excluding carboxylic acids is 1. The summed E-state index contributed by atoms with van der Waals surface area (Å²) in [6.07, 6.45) is 2.88. The molecule has 1 N–H and O–H groups in total. The highest BCUT2D eigenvalue weighted by Crippen LogP contribution is 2.20. The van der Waals surface area contributed by atoms with Crippen molar-refractivity contribution in [1.82, 2.24) is 4.90 Å². The molecule has 2 aromatic carbocycles. The lowest BCUT2D eigenvalue weighted by Crippen LogP contribution is -2.38. The van der Waals surface area contributed by atoms with Crippen molar-refractivity contribution < 1.29 is 14.3 Å². The van der Waals surface area contributed by atoms with Crippen LogP contribution in [-0.4, -0.2) is 62.8 Å². The quantitative estimate of drug-likeness (QED) is 0.704. The molecule has 2 fully saturated rings. The van der Waals surface area contributed by atoms with E-state index in [0.29, 0.717) is 19.1 Å². The Hall–Kier alpha value is -2.41. The third-order valence-electron chi connectivity index (χ3n) is 6.05. The fourth-order valence-corrected chi connectivity index (χ4v) is 4.15.